The van der Waals surface area contributed by atoms with Crippen molar-refractivity contribution in [2.45, 2.75) is 109 Å². The van der Waals surface area contributed by atoms with E-state index in [1.807, 2.05) is 44.2 Å². The number of carbonyl (C=O) groups excluding carboxylic acids is 4. The van der Waals surface area contributed by atoms with Gasteiger partial charge >= 0.3 is 5.97 Å². The number of amides is 3. The number of nitrogens with one attached hydrogen (secondary N) is 1. The van der Waals surface area contributed by atoms with Gasteiger partial charge in [-0.3, -0.25) is 19.2 Å². The molecule has 3 fully saturated rings. The molecule has 3 heterocycles. The number of likely N-dealkylation sites (tertiary alicyclic amines) is 1. The Morgan fingerprint density at radius 1 is 1.16 bits per heavy atom. The predicted molar refractivity (Wildman–Crippen MR) is 190 cm³/mol. The monoisotopic (exact) mass is 695 g/mol. The second-order valence-electron chi connectivity index (χ2n) is 15.7. The van der Waals surface area contributed by atoms with Gasteiger partial charge in [-0.25, -0.2) is 0 Å². The van der Waals surface area contributed by atoms with Crippen molar-refractivity contribution < 1.29 is 38.5 Å². The minimum Gasteiger partial charge on any atom is -0.455 e. The Bertz CT molecular complexity index is 1390. The lowest BCUT2D eigenvalue weighted by Gasteiger charge is -2.45. The topological polar surface area (TPSA) is 135 Å². The molecule has 1 spiro atoms. The van der Waals surface area contributed by atoms with E-state index in [9.17, 15) is 24.3 Å². The molecule has 0 unspecified atom stereocenters. The van der Waals surface area contributed by atoms with Crippen LogP contribution in [0.5, 0.6) is 0 Å². The molecule has 0 radical (unpaired) electrons. The molecule has 0 aliphatic carbocycles. The van der Waals surface area contributed by atoms with Crippen LogP contribution in [-0.2, 0) is 33.4 Å². The summed E-state index contributed by atoms with van der Waals surface area (Å²) in [4.78, 5) is 59.9. The molecule has 3 saturated heterocycles. The minimum absolute atomic E-state index is 0.0680. The summed E-state index contributed by atoms with van der Waals surface area (Å²) in [5, 5.41) is 12.7. The molecule has 1 aromatic rings. The number of methoxy groups -OCH3 is 1. The molecule has 3 aliphatic rings. The molecule has 4 rings (SSSR count). The van der Waals surface area contributed by atoms with Crippen molar-refractivity contribution in [1.29, 1.82) is 0 Å². The van der Waals surface area contributed by atoms with Crippen LogP contribution < -0.4 is 5.32 Å². The average molecular weight is 696 g/mol. The van der Waals surface area contributed by atoms with Crippen molar-refractivity contribution in [2.24, 2.45) is 17.3 Å². The standard InChI is InChI=1S/C39H57N3O8/c1-9-11-18-29(44)40-27(24-48-8)32(26-16-13-12-14-17-26)49-36(47)30-28-19-20-39(50-28)31(30)34(45)41(22-15-23-43)33(39)35(46)42(21-10-2)38(6,7)25-37(3,4)5/h9-10,12-14,16-17,27-28,30-33,43H,1-2,11,15,18-25H2,3-8H3,(H,40,44)/t27-,28-,30+,31+,32-,33-,39+/m0/s1. The highest BCUT2D eigenvalue weighted by Crippen LogP contribution is 2.59. The Morgan fingerprint density at radius 3 is 2.46 bits per heavy atom. The lowest BCUT2D eigenvalue weighted by atomic mass is 9.70. The molecule has 3 aliphatic heterocycles. The Hall–Kier alpha value is -3.54. The quantitative estimate of drug-likeness (QED) is 0.171. The summed E-state index contributed by atoms with van der Waals surface area (Å²) in [5.41, 5.74) is -1.26. The first-order chi connectivity index (χ1) is 23.7. The highest BCUT2D eigenvalue weighted by molar-refractivity contribution is 5.98. The van der Waals surface area contributed by atoms with Gasteiger partial charge < -0.3 is 34.4 Å². The fraction of sp³-hybridized carbons (Fsp3) is 0.641. The molecule has 2 bridgehead atoms. The largest absolute Gasteiger partial charge is 0.455 e. The second kappa shape index (κ2) is 16.2. The van der Waals surface area contributed by atoms with Gasteiger partial charge in [-0.2, -0.15) is 0 Å². The second-order valence-corrected chi connectivity index (χ2v) is 15.7. The SMILES string of the molecule is C=CCCC(=O)N[C@@H](COC)[C@@H](OC(=O)[C@@H]1[C@@H]2CC[C@]3(O2)[C@H](C(=O)N(CC=C)C(C)(C)CC(C)(C)C)N(CCCO)C(=O)[C@@H]13)c1ccccc1. The molecule has 0 aromatic heterocycles. The molecule has 11 heteroatoms. The number of hydrogen-bond donors (Lipinski definition) is 2. The average Bonchev–Trinajstić information content (AvgIpc) is 3.70. The summed E-state index contributed by atoms with van der Waals surface area (Å²) in [5.74, 6) is -3.39. The van der Waals surface area contributed by atoms with Crippen LogP contribution in [0.2, 0.25) is 0 Å². The number of hydrogen-bond acceptors (Lipinski definition) is 8. The fourth-order valence-electron chi connectivity index (χ4n) is 8.61. The van der Waals surface area contributed by atoms with E-state index in [0.29, 0.717) is 31.2 Å². The zero-order valence-corrected chi connectivity index (χ0v) is 30.7. The van der Waals surface area contributed by atoms with Crippen LogP contribution in [0.3, 0.4) is 0 Å². The van der Waals surface area contributed by atoms with Gasteiger partial charge in [0.1, 0.15) is 17.7 Å². The molecule has 50 heavy (non-hydrogen) atoms. The van der Waals surface area contributed by atoms with Gasteiger partial charge in [-0.05, 0) is 56.9 Å². The van der Waals surface area contributed by atoms with Crippen LogP contribution in [0.15, 0.2) is 55.6 Å². The zero-order valence-electron chi connectivity index (χ0n) is 30.7. The fourth-order valence-corrected chi connectivity index (χ4v) is 8.61. The maximum atomic E-state index is 14.9. The lowest BCUT2D eigenvalue weighted by Crippen LogP contribution is -2.61. The number of fused-ring (bicyclic) bond motifs is 1. The van der Waals surface area contributed by atoms with Gasteiger partial charge in [0, 0.05) is 38.8 Å². The number of allylic oxidation sites excluding steroid dienone is 1. The smallest absolute Gasteiger partial charge is 0.313 e. The van der Waals surface area contributed by atoms with E-state index in [2.05, 4.69) is 39.2 Å². The number of nitrogens with zero attached hydrogens (tertiary/aromatic N) is 2. The van der Waals surface area contributed by atoms with E-state index in [1.165, 1.54) is 12.0 Å². The minimum atomic E-state index is -1.23. The van der Waals surface area contributed by atoms with Gasteiger partial charge in [0.15, 0.2) is 0 Å². The summed E-state index contributed by atoms with van der Waals surface area (Å²) in [6.07, 6.45) is 4.37. The summed E-state index contributed by atoms with van der Waals surface area (Å²) in [6, 6.07) is 7.41. The Kier molecular flexibility index (Phi) is 12.7. The molecule has 7 atom stereocenters. The van der Waals surface area contributed by atoms with Gasteiger partial charge in [-0.1, -0.05) is 63.3 Å². The van der Waals surface area contributed by atoms with Crippen LogP contribution in [0.1, 0.15) is 84.8 Å². The van der Waals surface area contributed by atoms with Crippen molar-refractivity contribution in [3.63, 3.8) is 0 Å². The summed E-state index contributed by atoms with van der Waals surface area (Å²) in [6.45, 7) is 18.3. The van der Waals surface area contributed by atoms with Crippen LogP contribution in [0.4, 0.5) is 0 Å². The molecule has 1 aromatic carbocycles. The lowest BCUT2D eigenvalue weighted by molar-refractivity contribution is -0.163. The number of benzene rings is 1. The van der Waals surface area contributed by atoms with E-state index in [4.69, 9.17) is 14.2 Å². The Balaban J connectivity index is 1.71. The third-order valence-corrected chi connectivity index (χ3v) is 10.1. The number of aliphatic hydroxyl groups is 1. The molecule has 3 amide bonds. The van der Waals surface area contributed by atoms with Crippen molar-refractivity contribution in [1.82, 2.24) is 15.1 Å². The predicted octanol–water partition coefficient (Wildman–Crippen LogP) is 4.35. The maximum Gasteiger partial charge on any atom is 0.313 e. The molecule has 11 nitrogen and oxygen atoms in total. The molecular formula is C39H57N3O8. The number of esters is 1. The molecule has 0 saturated carbocycles. The van der Waals surface area contributed by atoms with Crippen LogP contribution in [0, 0.1) is 17.3 Å². The van der Waals surface area contributed by atoms with Gasteiger partial charge in [-0.15, -0.1) is 13.2 Å². The molecule has 2 N–H and O–H groups in total. The first kappa shape index (κ1) is 39.2. The maximum absolute atomic E-state index is 14.9. The van der Waals surface area contributed by atoms with E-state index >= 15 is 0 Å². The zero-order chi connectivity index (χ0) is 36.9. The van der Waals surface area contributed by atoms with Gasteiger partial charge in [0.25, 0.3) is 0 Å². The highest BCUT2D eigenvalue weighted by Gasteiger charge is 2.75. The highest BCUT2D eigenvalue weighted by atomic mass is 16.6. The molecule has 276 valence electrons. The normalized spacial score (nSPS) is 25.5. The summed E-state index contributed by atoms with van der Waals surface area (Å²) < 4.78 is 18.4. The van der Waals surface area contributed by atoms with Gasteiger partial charge in [0.2, 0.25) is 17.7 Å². The first-order valence-electron chi connectivity index (χ1n) is 17.8. The van der Waals surface area contributed by atoms with E-state index in [1.54, 1.807) is 17.1 Å². The third-order valence-electron chi connectivity index (χ3n) is 10.1. The third kappa shape index (κ3) is 8.16. The van der Waals surface area contributed by atoms with Crippen molar-refractivity contribution in [2.75, 3.05) is 33.4 Å². The van der Waals surface area contributed by atoms with Crippen LogP contribution in [-0.4, -0.2) is 101 Å². The number of ether oxygens (including phenoxy) is 3. The van der Waals surface area contributed by atoms with E-state index < -0.39 is 53.2 Å². The van der Waals surface area contributed by atoms with Crippen molar-refractivity contribution >= 4 is 23.7 Å². The van der Waals surface area contributed by atoms with Gasteiger partial charge in [0.05, 0.1) is 30.6 Å². The Morgan fingerprint density at radius 2 is 1.86 bits per heavy atom. The van der Waals surface area contributed by atoms with E-state index in [0.717, 1.165) is 0 Å². The Labute approximate surface area is 297 Å². The first-order valence-corrected chi connectivity index (χ1v) is 17.8. The number of rotatable bonds is 18. The van der Waals surface area contributed by atoms with Crippen molar-refractivity contribution in [3.8, 4) is 0 Å². The van der Waals surface area contributed by atoms with Crippen LogP contribution >= 0.6 is 0 Å². The summed E-state index contributed by atoms with van der Waals surface area (Å²) in [7, 11) is 1.51. The number of aliphatic hydroxyl groups excluding tert-OH is 1. The molecular weight excluding hydrogens is 638 g/mol. The number of carbonyl (C=O) groups is 4. The van der Waals surface area contributed by atoms with Crippen LogP contribution in [0.25, 0.3) is 0 Å². The summed E-state index contributed by atoms with van der Waals surface area (Å²) >= 11 is 0. The van der Waals surface area contributed by atoms with Crippen molar-refractivity contribution in [3.05, 3.63) is 61.2 Å². The van der Waals surface area contributed by atoms with E-state index in [-0.39, 0.29) is 62.3 Å².